The van der Waals surface area contributed by atoms with Crippen molar-refractivity contribution >= 4 is 5.91 Å². The summed E-state index contributed by atoms with van der Waals surface area (Å²) in [6.45, 7) is 6.52. The van der Waals surface area contributed by atoms with Gasteiger partial charge in [-0.3, -0.25) is 4.79 Å². The Morgan fingerprint density at radius 2 is 1.28 bits per heavy atom. The number of amides is 1. The average Bonchev–Trinajstić information content (AvgIpc) is 2.70. The molecule has 0 aliphatic carbocycles. The third-order valence-corrected chi connectivity index (χ3v) is 6.11. The SMILES string of the molecule is CC(C)CCCCCCCCCCCCCCC(=O)NCCC[N+](C)(C)CC(O)CO.[Cl-]. The predicted molar refractivity (Wildman–Crippen MR) is 132 cm³/mol. The number of carbonyl (C=O) groups excluding carboxylic acids is 1. The van der Waals surface area contributed by atoms with Gasteiger partial charge in [0.05, 0.1) is 27.2 Å². The second kappa shape index (κ2) is 22.4. The fraction of sp³-hybridized carbons (Fsp3) is 0.962. The molecule has 0 aromatic carbocycles. The van der Waals surface area contributed by atoms with Crippen molar-refractivity contribution in [3.8, 4) is 0 Å². The first-order valence-electron chi connectivity index (χ1n) is 13.1. The summed E-state index contributed by atoms with van der Waals surface area (Å²) in [5.41, 5.74) is 0. The second-order valence-corrected chi connectivity index (χ2v) is 10.6. The third-order valence-electron chi connectivity index (χ3n) is 6.11. The first kappa shape index (κ1) is 33.8. The molecule has 0 bridgehead atoms. The van der Waals surface area contributed by atoms with Crippen LogP contribution in [0.3, 0.4) is 0 Å². The van der Waals surface area contributed by atoms with E-state index in [0.717, 1.165) is 31.7 Å². The number of carbonyl (C=O) groups is 1. The van der Waals surface area contributed by atoms with Crippen molar-refractivity contribution in [2.24, 2.45) is 5.92 Å². The summed E-state index contributed by atoms with van der Waals surface area (Å²) in [4.78, 5) is 11.9. The van der Waals surface area contributed by atoms with E-state index in [0.29, 0.717) is 24.0 Å². The number of likely N-dealkylation sites (N-methyl/N-ethyl adjacent to an activating group) is 1. The highest BCUT2D eigenvalue weighted by molar-refractivity contribution is 5.75. The molecule has 3 N–H and O–H groups in total. The van der Waals surface area contributed by atoms with Crippen LogP contribution in [0.25, 0.3) is 0 Å². The number of hydrogen-bond donors (Lipinski definition) is 3. The molecule has 0 aromatic rings. The molecule has 0 fully saturated rings. The molecule has 0 heterocycles. The van der Waals surface area contributed by atoms with Crippen molar-refractivity contribution in [3.63, 3.8) is 0 Å². The van der Waals surface area contributed by atoms with Crippen molar-refractivity contribution < 1.29 is 31.9 Å². The van der Waals surface area contributed by atoms with Crippen LogP contribution >= 0.6 is 0 Å². The first-order chi connectivity index (χ1) is 14.8. The minimum absolute atomic E-state index is 0. The number of aliphatic hydroxyl groups excluding tert-OH is 2. The number of nitrogens with zero attached hydrogens (tertiary/aromatic N) is 1. The molecule has 6 heteroatoms. The Morgan fingerprint density at radius 3 is 1.75 bits per heavy atom. The van der Waals surface area contributed by atoms with Gasteiger partial charge in [-0.05, 0) is 12.3 Å². The van der Waals surface area contributed by atoms with Crippen LogP contribution in [0.2, 0.25) is 0 Å². The molecule has 0 aromatic heterocycles. The van der Waals surface area contributed by atoms with E-state index < -0.39 is 6.10 Å². The Balaban J connectivity index is 0. The molecule has 1 amide bonds. The Bertz CT molecular complexity index is 420. The van der Waals surface area contributed by atoms with Crippen molar-refractivity contribution in [1.29, 1.82) is 0 Å². The van der Waals surface area contributed by atoms with Crippen LogP contribution in [0.5, 0.6) is 0 Å². The summed E-state index contributed by atoms with van der Waals surface area (Å²) in [5, 5.41) is 21.5. The monoisotopic (exact) mass is 478 g/mol. The van der Waals surface area contributed by atoms with E-state index in [-0.39, 0.29) is 24.9 Å². The van der Waals surface area contributed by atoms with E-state index in [1.54, 1.807) is 0 Å². The number of quaternary nitrogens is 1. The molecule has 0 saturated heterocycles. The maximum absolute atomic E-state index is 11.9. The van der Waals surface area contributed by atoms with Gasteiger partial charge in [-0.15, -0.1) is 0 Å². The summed E-state index contributed by atoms with van der Waals surface area (Å²) < 4.78 is 0.649. The lowest BCUT2D eigenvalue weighted by atomic mass is 10.0. The van der Waals surface area contributed by atoms with Crippen LogP contribution in [0.1, 0.15) is 110 Å². The molecular formula is C26H55ClN2O3. The fourth-order valence-electron chi connectivity index (χ4n) is 4.15. The number of rotatable bonds is 22. The van der Waals surface area contributed by atoms with Gasteiger partial charge in [0.1, 0.15) is 12.6 Å². The smallest absolute Gasteiger partial charge is 0.219 e. The third kappa shape index (κ3) is 24.3. The van der Waals surface area contributed by atoms with Crippen LogP contribution in [0.15, 0.2) is 0 Å². The maximum Gasteiger partial charge on any atom is 0.219 e. The highest BCUT2D eigenvalue weighted by atomic mass is 35.5. The zero-order valence-electron chi connectivity index (χ0n) is 21.7. The topological polar surface area (TPSA) is 69.6 Å². The van der Waals surface area contributed by atoms with Crippen LogP contribution in [-0.2, 0) is 4.79 Å². The summed E-state index contributed by atoms with van der Waals surface area (Å²) in [7, 11) is 4.07. The van der Waals surface area contributed by atoms with Gasteiger partial charge >= 0.3 is 0 Å². The number of halogens is 1. The quantitative estimate of drug-likeness (QED) is 0.165. The van der Waals surface area contributed by atoms with E-state index in [1.807, 2.05) is 14.1 Å². The molecule has 0 aliphatic heterocycles. The molecule has 32 heavy (non-hydrogen) atoms. The molecule has 0 spiro atoms. The first-order valence-corrected chi connectivity index (χ1v) is 13.1. The van der Waals surface area contributed by atoms with E-state index >= 15 is 0 Å². The Hall–Kier alpha value is -0.360. The number of hydrogen-bond acceptors (Lipinski definition) is 3. The highest BCUT2D eigenvalue weighted by Crippen LogP contribution is 2.14. The van der Waals surface area contributed by atoms with Crippen molar-refractivity contribution in [1.82, 2.24) is 5.32 Å². The van der Waals surface area contributed by atoms with Gasteiger partial charge in [-0.1, -0.05) is 90.9 Å². The van der Waals surface area contributed by atoms with Crippen LogP contribution in [0.4, 0.5) is 0 Å². The van der Waals surface area contributed by atoms with E-state index in [4.69, 9.17) is 5.11 Å². The van der Waals surface area contributed by atoms with Gasteiger partial charge in [0, 0.05) is 19.4 Å². The summed E-state index contributed by atoms with van der Waals surface area (Å²) in [6.07, 6.45) is 18.1. The van der Waals surface area contributed by atoms with E-state index in [9.17, 15) is 9.90 Å². The number of aliphatic hydroxyl groups is 2. The van der Waals surface area contributed by atoms with Gasteiger partial charge < -0.3 is 32.4 Å². The van der Waals surface area contributed by atoms with Crippen molar-refractivity contribution in [3.05, 3.63) is 0 Å². The molecular weight excluding hydrogens is 424 g/mol. The van der Waals surface area contributed by atoms with Crippen LogP contribution in [-0.4, -0.2) is 67.0 Å². The highest BCUT2D eigenvalue weighted by Gasteiger charge is 2.19. The Morgan fingerprint density at radius 1 is 0.812 bits per heavy atom. The predicted octanol–water partition coefficient (Wildman–Crippen LogP) is 2.04. The zero-order chi connectivity index (χ0) is 23.4. The molecule has 0 saturated carbocycles. The minimum atomic E-state index is -0.672. The maximum atomic E-state index is 11.9. The normalized spacial score (nSPS) is 12.6. The summed E-state index contributed by atoms with van der Waals surface area (Å²) in [5.74, 6) is 1.02. The zero-order valence-corrected chi connectivity index (χ0v) is 22.5. The minimum Gasteiger partial charge on any atom is -1.00 e. The molecule has 1 unspecified atom stereocenters. The van der Waals surface area contributed by atoms with Gasteiger partial charge in [0.15, 0.2) is 0 Å². The van der Waals surface area contributed by atoms with Gasteiger partial charge in [0.25, 0.3) is 0 Å². The Kier molecular flexibility index (Phi) is 23.7. The number of nitrogens with one attached hydrogen (secondary N) is 1. The standard InChI is InChI=1S/C26H54N2O3.ClH/c1-24(2)18-15-13-11-9-7-5-6-8-10-12-14-16-19-26(31)27-20-17-21-28(3,4)22-25(30)23-29;/h24-25,29-30H,5-23H2,1-4H3;1H. The lowest BCUT2D eigenvalue weighted by molar-refractivity contribution is -0.893. The van der Waals surface area contributed by atoms with Gasteiger partial charge in [0.2, 0.25) is 5.91 Å². The lowest BCUT2D eigenvalue weighted by Crippen LogP contribution is -3.00. The Labute approximate surface area is 205 Å². The molecule has 0 radical (unpaired) electrons. The number of unbranched alkanes of at least 4 members (excludes halogenated alkanes) is 11. The van der Waals surface area contributed by atoms with Crippen LogP contribution in [0, 0.1) is 5.92 Å². The molecule has 0 aliphatic rings. The van der Waals surface area contributed by atoms with E-state index in [2.05, 4.69) is 19.2 Å². The summed E-state index contributed by atoms with van der Waals surface area (Å²) in [6, 6.07) is 0. The lowest BCUT2D eigenvalue weighted by Gasteiger charge is -2.31. The molecule has 194 valence electrons. The van der Waals surface area contributed by atoms with Crippen molar-refractivity contribution in [2.75, 3.05) is 40.3 Å². The van der Waals surface area contributed by atoms with E-state index in [1.165, 1.54) is 70.6 Å². The molecule has 0 rings (SSSR count). The summed E-state index contributed by atoms with van der Waals surface area (Å²) >= 11 is 0. The molecule has 5 nitrogen and oxygen atoms in total. The van der Waals surface area contributed by atoms with Crippen LogP contribution < -0.4 is 17.7 Å². The average molecular weight is 479 g/mol. The van der Waals surface area contributed by atoms with Gasteiger partial charge in [-0.2, -0.15) is 0 Å². The largest absolute Gasteiger partial charge is 1.00 e. The second-order valence-electron chi connectivity index (χ2n) is 10.6. The van der Waals surface area contributed by atoms with Crippen molar-refractivity contribution in [2.45, 2.75) is 116 Å². The molecule has 1 atom stereocenters. The fourth-order valence-corrected chi connectivity index (χ4v) is 4.15. The van der Waals surface area contributed by atoms with Gasteiger partial charge in [-0.25, -0.2) is 0 Å².